The van der Waals surface area contributed by atoms with Gasteiger partial charge in [-0.3, -0.25) is 4.79 Å². The van der Waals surface area contributed by atoms with E-state index < -0.39 is 6.10 Å². The number of nitrogens with zero attached hydrogens (tertiary/aromatic N) is 1. The number of hydrogen-bond acceptors (Lipinski definition) is 5. The number of nitrogens with one attached hydrogen (secondary N) is 1. The summed E-state index contributed by atoms with van der Waals surface area (Å²) in [5, 5.41) is 16.5. The first-order chi connectivity index (χ1) is 16.6. The fourth-order valence-corrected chi connectivity index (χ4v) is 4.83. The van der Waals surface area contributed by atoms with Gasteiger partial charge in [0.15, 0.2) is 17.1 Å². The summed E-state index contributed by atoms with van der Waals surface area (Å²) in [7, 11) is 1.56. The maximum absolute atomic E-state index is 11.9. The van der Waals surface area contributed by atoms with Gasteiger partial charge in [0.25, 0.3) is 5.91 Å². The van der Waals surface area contributed by atoms with E-state index in [1.165, 1.54) is 16.3 Å². The van der Waals surface area contributed by atoms with Gasteiger partial charge in [-0.15, -0.1) is 0 Å². The maximum atomic E-state index is 11.9. The molecule has 1 aliphatic rings. The number of furan rings is 1. The first kappa shape index (κ1) is 22.4. The SMILES string of the molecule is CNC(=O)c1cc2cccc(OCC(O)CN3CCC(c4ccc5ccccc5c4)CC3)c2o1. The molecule has 5 rings (SSSR count). The standard InChI is InChI=1S/C28H30N2O4/c1-29-28(32)26-16-23-7-4-8-25(27(23)34-26)33-18-24(31)17-30-13-11-20(12-14-30)22-10-9-19-5-2-3-6-21(19)15-22/h2-10,15-16,20,24,31H,11-14,17-18H2,1H3,(H,29,32). The van der Waals surface area contributed by atoms with Gasteiger partial charge in [0.1, 0.15) is 12.7 Å². The molecule has 6 nitrogen and oxygen atoms in total. The molecule has 1 atom stereocenters. The van der Waals surface area contributed by atoms with Crippen LogP contribution in [-0.4, -0.2) is 55.3 Å². The lowest BCUT2D eigenvalue weighted by molar-refractivity contribution is 0.0595. The topological polar surface area (TPSA) is 74.9 Å². The Morgan fingerprint density at radius 1 is 1.06 bits per heavy atom. The van der Waals surface area contributed by atoms with E-state index >= 15 is 0 Å². The summed E-state index contributed by atoms with van der Waals surface area (Å²) >= 11 is 0. The normalized spacial score (nSPS) is 16.1. The molecule has 2 heterocycles. The van der Waals surface area contributed by atoms with Crippen molar-refractivity contribution in [2.75, 3.05) is 33.3 Å². The Morgan fingerprint density at radius 2 is 1.82 bits per heavy atom. The number of likely N-dealkylation sites (tertiary alicyclic amines) is 1. The number of aliphatic hydroxyl groups is 1. The van der Waals surface area contributed by atoms with E-state index in [1.807, 2.05) is 12.1 Å². The van der Waals surface area contributed by atoms with Crippen LogP contribution in [0.5, 0.6) is 5.75 Å². The van der Waals surface area contributed by atoms with Gasteiger partial charge in [-0.2, -0.15) is 0 Å². The average molecular weight is 459 g/mol. The molecule has 4 aromatic rings. The van der Waals surface area contributed by atoms with Crippen molar-refractivity contribution < 1.29 is 19.1 Å². The smallest absolute Gasteiger partial charge is 0.286 e. The Balaban J connectivity index is 1.14. The van der Waals surface area contributed by atoms with Crippen LogP contribution < -0.4 is 10.1 Å². The third-order valence-electron chi connectivity index (χ3n) is 6.69. The van der Waals surface area contributed by atoms with Gasteiger partial charge in [0.2, 0.25) is 0 Å². The highest BCUT2D eigenvalue weighted by Gasteiger charge is 2.23. The molecule has 0 radical (unpaired) electrons. The molecule has 1 saturated heterocycles. The summed E-state index contributed by atoms with van der Waals surface area (Å²) in [5.74, 6) is 1.04. The van der Waals surface area contributed by atoms with Crippen molar-refractivity contribution in [3.05, 3.63) is 78.1 Å². The molecular formula is C28H30N2O4. The van der Waals surface area contributed by atoms with E-state index in [2.05, 4.69) is 52.7 Å². The summed E-state index contributed by atoms with van der Waals surface area (Å²) in [6.07, 6.45) is 1.56. The maximum Gasteiger partial charge on any atom is 0.286 e. The number of carbonyl (C=O) groups excluding carboxylic acids is 1. The molecule has 1 aliphatic heterocycles. The molecule has 6 heteroatoms. The number of carbonyl (C=O) groups is 1. The minimum atomic E-state index is -0.610. The predicted molar refractivity (Wildman–Crippen MR) is 133 cm³/mol. The Labute approximate surface area is 199 Å². The second-order valence-corrected chi connectivity index (χ2v) is 9.01. The van der Waals surface area contributed by atoms with Crippen molar-refractivity contribution in [3.8, 4) is 5.75 Å². The number of aliphatic hydroxyl groups excluding tert-OH is 1. The van der Waals surface area contributed by atoms with Crippen LogP contribution in [0.4, 0.5) is 0 Å². The summed E-state index contributed by atoms with van der Waals surface area (Å²) in [4.78, 5) is 14.2. The van der Waals surface area contributed by atoms with Crippen molar-refractivity contribution in [1.82, 2.24) is 10.2 Å². The molecular weight excluding hydrogens is 428 g/mol. The third kappa shape index (κ3) is 4.79. The van der Waals surface area contributed by atoms with Crippen LogP contribution in [0.25, 0.3) is 21.7 Å². The van der Waals surface area contributed by atoms with Crippen LogP contribution in [-0.2, 0) is 0 Å². The highest BCUT2D eigenvalue weighted by atomic mass is 16.5. The van der Waals surface area contributed by atoms with Crippen LogP contribution in [0.2, 0.25) is 0 Å². The van der Waals surface area contributed by atoms with Crippen LogP contribution in [0.15, 0.2) is 71.1 Å². The molecule has 1 aromatic heterocycles. The van der Waals surface area contributed by atoms with Crippen LogP contribution >= 0.6 is 0 Å². The number of benzene rings is 3. The second kappa shape index (κ2) is 9.87. The number of hydrogen-bond donors (Lipinski definition) is 2. The quantitative estimate of drug-likeness (QED) is 0.425. The van der Waals surface area contributed by atoms with Crippen LogP contribution in [0, 0.1) is 0 Å². The van der Waals surface area contributed by atoms with Crippen molar-refractivity contribution >= 4 is 27.6 Å². The van der Waals surface area contributed by atoms with Crippen molar-refractivity contribution in [1.29, 1.82) is 0 Å². The Kier molecular flexibility index (Phi) is 6.52. The van der Waals surface area contributed by atoms with Crippen molar-refractivity contribution in [2.45, 2.75) is 24.9 Å². The van der Waals surface area contributed by atoms with E-state index in [9.17, 15) is 9.90 Å². The molecule has 1 unspecified atom stereocenters. The number of ether oxygens (including phenoxy) is 1. The highest BCUT2D eigenvalue weighted by molar-refractivity contribution is 5.97. The predicted octanol–water partition coefficient (Wildman–Crippen LogP) is 4.56. The molecule has 34 heavy (non-hydrogen) atoms. The summed E-state index contributed by atoms with van der Waals surface area (Å²) in [5.41, 5.74) is 1.93. The fraction of sp³-hybridized carbons (Fsp3) is 0.321. The van der Waals surface area contributed by atoms with Gasteiger partial charge in [-0.05, 0) is 60.3 Å². The number of amides is 1. The van der Waals surface area contributed by atoms with E-state index in [0.29, 0.717) is 23.8 Å². The van der Waals surface area contributed by atoms with Gasteiger partial charge in [0, 0.05) is 19.0 Å². The Hall–Kier alpha value is -3.35. The zero-order valence-corrected chi connectivity index (χ0v) is 19.4. The van der Waals surface area contributed by atoms with Crippen molar-refractivity contribution in [2.24, 2.45) is 0 Å². The average Bonchev–Trinajstić information content (AvgIpc) is 3.32. The molecule has 3 aromatic carbocycles. The number of β-amino-alcohol motifs (C(OH)–C–C–N with tert-alkyl or cyclic N) is 1. The minimum absolute atomic E-state index is 0.166. The van der Waals surface area contributed by atoms with Gasteiger partial charge in [-0.1, -0.05) is 54.6 Å². The van der Waals surface area contributed by atoms with Gasteiger partial charge in [0.05, 0.1) is 0 Å². The van der Waals surface area contributed by atoms with E-state index in [-0.39, 0.29) is 18.3 Å². The second-order valence-electron chi connectivity index (χ2n) is 9.01. The fourth-order valence-electron chi connectivity index (χ4n) is 4.83. The lowest BCUT2D eigenvalue weighted by Gasteiger charge is -2.33. The van der Waals surface area contributed by atoms with Gasteiger partial charge < -0.3 is 24.5 Å². The van der Waals surface area contributed by atoms with Crippen LogP contribution in [0.3, 0.4) is 0 Å². The number of fused-ring (bicyclic) bond motifs is 2. The molecule has 1 fully saturated rings. The molecule has 0 bridgehead atoms. The molecule has 2 N–H and O–H groups in total. The Morgan fingerprint density at radius 3 is 2.62 bits per heavy atom. The van der Waals surface area contributed by atoms with E-state index in [1.54, 1.807) is 19.2 Å². The molecule has 0 aliphatic carbocycles. The van der Waals surface area contributed by atoms with Gasteiger partial charge in [-0.25, -0.2) is 0 Å². The Bertz CT molecular complexity index is 1290. The number of para-hydroxylation sites is 1. The minimum Gasteiger partial charge on any atom is -0.487 e. The first-order valence-electron chi connectivity index (χ1n) is 11.9. The lowest BCUT2D eigenvalue weighted by Crippen LogP contribution is -2.40. The zero-order valence-electron chi connectivity index (χ0n) is 19.4. The monoisotopic (exact) mass is 458 g/mol. The molecule has 176 valence electrons. The number of piperidine rings is 1. The summed E-state index contributed by atoms with van der Waals surface area (Å²) < 4.78 is 11.6. The number of rotatable bonds is 7. The van der Waals surface area contributed by atoms with Gasteiger partial charge >= 0.3 is 0 Å². The zero-order chi connectivity index (χ0) is 23.5. The summed E-state index contributed by atoms with van der Waals surface area (Å²) in [6.45, 7) is 2.65. The molecule has 0 spiro atoms. The van der Waals surface area contributed by atoms with Crippen molar-refractivity contribution in [3.63, 3.8) is 0 Å². The van der Waals surface area contributed by atoms with E-state index in [0.717, 1.165) is 31.3 Å². The first-order valence-corrected chi connectivity index (χ1v) is 11.9. The molecule has 1 amide bonds. The highest BCUT2D eigenvalue weighted by Crippen LogP contribution is 2.31. The lowest BCUT2D eigenvalue weighted by atomic mass is 9.88. The third-order valence-corrected chi connectivity index (χ3v) is 6.69. The summed E-state index contributed by atoms with van der Waals surface area (Å²) in [6, 6.07) is 22.5. The molecule has 0 saturated carbocycles. The largest absolute Gasteiger partial charge is 0.487 e. The van der Waals surface area contributed by atoms with E-state index in [4.69, 9.17) is 9.15 Å². The van der Waals surface area contributed by atoms with Crippen LogP contribution in [0.1, 0.15) is 34.9 Å².